The Morgan fingerprint density at radius 2 is 1.83 bits per heavy atom. The average Bonchev–Trinajstić information content (AvgIpc) is 3.32. The van der Waals surface area contributed by atoms with Gasteiger partial charge in [-0.15, -0.1) is 0 Å². The van der Waals surface area contributed by atoms with Crippen LogP contribution in [0, 0.1) is 0 Å². The predicted octanol–water partition coefficient (Wildman–Crippen LogP) is 4.85. The van der Waals surface area contributed by atoms with Crippen molar-refractivity contribution in [1.29, 1.82) is 0 Å². The highest BCUT2D eigenvalue weighted by Gasteiger charge is 2.17. The van der Waals surface area contributed by atoms with Crippen molar-refractivity contribution >= 4 is 28.5 Å². The Hall–Kier alpha value is -3.93. The van der Waals surface area contributed by atoms with Gasteiger partial charge in [0.05, 0.1) is 17.3 Å². The Kier molecular flexibility index (Phi) is 5.57. The molecule has 0 saturated carbocycles. The van der Waals surface area contributed by atoms with Crippen molar-refractivity contribution < 1.29 is 18.7 Å². The standard InChI is InChI=1S/C24H20N2O4/c1-2-16-9-11-17(12-10-16)25-23(27)15-30-24(28)19-14-21(22-8-5-13-29-22)26-20-7-4-3-6-18(19)20/h3-14H,2,15H2,1H3,(H,25,27). The fourth-order valence-corrected chi connectivity index (χ4v) is 3.12. The molecule has 2 aromatic carbocycles. The highest BCUT2D eigenvalue weighted by atomic mass is 16.5. The van der Waals surface area contributed by atoms with E-state index in [0.29, 0.717) is 33.6 Å². The maximum Gasteiger partial charge on any atom is 0.339 e. The molecule has 1 N–H and O–H groups in total. The van der Waals surface area contributed by atoms with E-state index in [1.54, 1.807) is 30.5 Å². The van der Waals surface area contributed by atoms with Gasteiger partial charge in [0.1, 0.15) is 5.69 Å². The van der Waals surface area contributed by atoms with Gasteiger partial charge in [-0.05, 0) is 48.4 Å². The van der Waals surface area contributed by atoms with Crippen LogP contribution in [0.25, 0.3) is 22.4 Å². The number of para-hydroxylation sites is 1. The maximum atomic E-state index is 12.8. The van der Waals surface area contributed by atoms with Crippen LogP contribution in [0.1, 0.15) is 22.8 Å². The summed E-state index contributed by atoms with van der Waals surface area (Å²) in [4.78, 5) is 29.5. The van der Waals surface area contributed by atoms with Crippen molar-refractivity contribution in [2.45, 2.75) is 13.3 Å². The van der Waals surface area contributed by atoms with E-state index in [4.69, 9.17) is 9.15 Å². The number of carbonyl (C=O) groups excluding carboxylic acids is 2. The van der Waals surface area contributed by atoms with Gasteiger partial charge in [0.15, 0.2) is 12.4 Å². The van der Waals surface area contributed by atoms with Gasteiger partial charge in [-0.3, -0.25) is 4.79 Å². The minimum Gasteiger partial charge on any atom is -0.463 e. The molecular formula is C24H20N2O4. The molecule has 0 aliphatic rings. The number of benzene rings is 2. The van der Waals surface area contributed by atoms with Crippen LogP contribution in [0.4, 0.5) is 5.69 Å². The zero-order valence-electron chi connectivity index (χ0n) is 16.4. The van der Waals surface area contributed by atoms with Gasteiger partial charge in [-0.25, -0.2) is 9.78 Å². The highest BCUT2D eigenvalue weighted by Crippen LogP contribution is 2.25. The first-order valence-electron chi connectivity index (χ1n) is 9.63. The van der Waals surface area contributed by atoms with E-state index < -0.39 is 11.9 Å². The van der Waals surface area contributed by atoms with E-state index >= 15 is 0 Å². The van der Waals surface area contributed by atoms with Gasteiger partial charge in [-0.2, -0.15) is 0 Å². The highest BCUT2D eigenvalue weighted by molar-refractivity contribution is 6.05. The topological polar surface area (TPSA) is 81.4 Å². The molecule has 0 aliphatic carbocycles. The molecular weight excluding hydrogens is 380 g/mol. The van der Waals surface area contributed by atoms with Gasteiger partial charge in [0, 0.05) is 11.1 Å². The minimum atomic E-state index is -0.599. The first-order chi connectivity index (χ1) is 14.6. The van der Waals surface area contributed by atoms with Crippen molar-refractivity contribution in [3.63, 3.8) is 0 Å². The number of furan rings is 1. The Labute approximate surface area is 173 Å². The summed E-state index contributed by atoms with van der Waals surface area (Å²) in [6, 6.07) is 19.9. The van der Waals surface area contributed by atoms with Crippen LogP contribution in [0.15, 0.2) is 77.4 Å². The van der Waals surface area contributed by atoms with Crippen molar-refractivity contribution in [1.82, 2.24) is 4.98 Å². The minimum absolute atomic E-state index is 0.326. The van der Waals surface area contributed by atoms with Crippen LogP contribution < -0.4 is 5.32 Å². The van der Waals surface area contributed by atoms with Crippen LogP contribution >= 0.6 is 0 Å². The lowest BCUT2D eigenvalue weighted by Gasteiger charge is -2.10. The molecule has 6 heteroatoms. The van der Waals surface area contributed by atoms with Crippen LogP contribution in [-0.4, -0.2) is 23.5 Å². The third-order valence-electron chi connectivity index (χ3n) is 4.69. The number of anilines is 1. The molecule has 0 unspecified atom stereocenters. The van der Waals surface area contributed by atoms with Gasteiger partial charge >= 0.3 is 5.97 Å². The average molecular weight is 400 g/mol. The molecule has 30 heavy (non-hydrogen) atoms. The van der Waals surface area contributed by atoms with Crippen molar-refractivity contribution in [2.24, 2.45) is 0 Å². The summed E-state index contributed by atoms with van der Waals surface area (Å²) in [5, 5.41) is 3.37. The van der Waals surface area contributed by atoms with Gasteiger partial charge in [0.2, 0.25) is 0 Å². The Balaban J connectivity index is 1.50. The Bertz CT molecular complexity index is 1180. The summed E-state index contributed by atoms with van der Waals surface area (Å²) in [5.41, 5.74) is 3.32. The van der Waals surface area contributed by atoms with Gasteiger partial charge in [-0.1, -0.05) is 37.3 Å². The normalized spacial score (nSPS) is 10.7. The number of ether oxygens (including phenoxy) is 1. The molecule has 0 bridgehead atoms. The molecule has 0 aliphatic heterocycles. The third-order valence-corrected chi connectivity index (χ3v) is 4.69. The molecule has 0 fully saturated rings. The number of pyridine rings is 1. The largest absolute Gasteiger partial charge is 0.463 e. The number of hydrogen-bond acceptors (Lipinski definition) is 5. The lowest BCUT2D eigenvalue weighted by Crippen LogP contribution is -2.21. The molecule has 0 atom stereocenters. The number of amides is 1. The Morgan fingerprint density at radius 1 is 1.03 bits per heavy atom. The zero-order valence-corrected chi connectivity index (χ0v) is 16.4. The Morgan fingerprint density at radius 3 is 2.57 bits per heavy atom. The van der Waals surface area contributed by atoms with Crippen molar-refractivity contribution in [2.75, 3.05) is 11.9 Å². The second kappa shape index (κ2) is 8.61. The summed E-state index contributed by atoms with van der Waals surface area (Å²) in [7, 11) is 0. The molecule has 1 amide bonds. The molecule has 4 rings (SSSR count). The van der Waals surface area contributed by atoms with E-state index in [2.05, 4.69) is 17.2 Å². The number of esters is 1. The maximum absolute atomic E-state index is 12.8. The molecule has 0 spiro atoms. The summed E-state index contributed by atoms with van der Waals surface area (Å²) in [6.45, 7) is 1.67. The van der Waals surface area contributed by atoms with Gasteiger partial charge < -0.3 is 14.5 Å². The van der Waals surface area contributed by atoms with Crippen molar-refractivity contribution in [3.05, 3.63) is 84.1 Å². The molecule has 6 nitrogen and oxygen atoms in total. The number of aromatic nitrogens is 1. The van der Waals surface area contributed by atoms with E-state index in [-0.39, 0.29) is 6.61 Å². The van der Waals surface area contributed by atoms with Crippen LogP contribution in [-0.2, 0) is 16.0 Å². The predicted molar refractivity (Wildman–Crippen MR) is 114 cm³/mol. The number of rotatable bonds is 6. The number of nitrogens with zero attached hydrogens (tertiary/aromatic N) is 1. The molecule has 4 aromatic rings. The number of carbonyl (C=O) groups is 2. The fraction of sp³-hybridized carbons (Fsp3) is 0.125. The molecule has 2 heterocycles. The lowest BCUT2D eigenvalue weighted by molar-refractivity contribution is -0.119. The van der Waals surface area contributed by atoms with Crippen LogP contribution in [0.5, 0.6) is 0 Å². The van der Waals surface area contributed by atoms with E-state index in [1.165, 1.54) is 5.56 Å². The first-order valence-corrected chi connectivity index (χ1v) is 9.63. The quantitative estimate of drug-likeness (QED) is 0.468. The SMILES string of the molecule is CCc1ccc(NC(=O)COC(=O)c2cc(-c3ccco3)nc3ccccc23)cc1. The van der Waals surface area contributed by atoms with Crippen LogP contribution in [0.3, 0.4) is 0 Å². The van der Waals surface area contributed by atoms with Crippen LogP contribution in [0.2, 0.25) is 0 Å². The number of fused-ring (bicyclic) bond motifs is 1. The zero-order chi connectivity index (χ0) is 20.9. The molecule has 0 saturated heterocycles. The number of nitrogens with one attached hydrogen (secondary N) is 1. The number of aryl methyl sites for hydroxylation is 1. The first kappa shape index (κ1) is 19.4. The summed E-state index contributed by atoms with van der Waals surface area (Å²) in [5.74, 6) is -0.460. The monoisotopic (exact) mass is 400 g/mol. The van der Waals surface area contributed by atoms with E-state index in [1.807, 2.05) is 42.5 Å². The summed E-state index contributed by atoms with van der Waals surface area (Å²) >= 11 is 0. The van der Waals surface area contributed by atoms with E-state index in [0.717, 1.165) is 6.42 Å². The smallest absolute Gasteiger partial charge is 0.339 e. The van der Waals surface area contributed by atoms with Gasteiger partial charge in [0.25, 0.3) is 5.91 Å². The molecule has 150 valence electrons. The summed E-state index contributed by atoms with van der Waals surface area (Å²) < 4.78 is 10.7. The summed E-state index contributed by atoms with van der Waals surface area (Å²) in [6.07, 6.45) is 2.47. The van der Waals surface area contributed by atoms with E-state index in [9.17, 15) is 9.59 Å². The second-order valence-electron chi connectivity index (χ2n) is 6.72. The fourth-order valence-electron chi connectivity index (χ4n) is 3.12. The third kappa shape index (κ3) is 4.22. The number of hydrogen-bond donors (Lipinski definition) is 1. The second-order valence-corrected chi connectivity index (χ2v) is 6.72. The van der Waals surface area contributed by atoms with Crippen molar-refractivity contribution in [3.8, 4) is 11.5 Å². The molecule has 0 radical (unpaired) electrons. The molecule has 2 aromatic heterocycles. The lowest BCUT2D eigenvalue weighted by atomic mass is 10.1.